The number of aromatic nitrogens is 3. The van der Waals surface area contributed by atoms with Crippen LogP contribution in [-0.2, 0) is 29.7 Å². The molecule has 6 heteroatoms. The molecule has 138 valence electrons. The molecule has 2 aromatic rings. The highest BCUT2D eigenvalue weighted by atomic mass is 16.5. The summed E-state index contributed by atoms with van der Waals surface area (Å²) in [5, 5.41) is 11.8. The maximum absolute atomic E-state index is 13.0. The van der Waals surface area contributed by atoms with Crippen molar-refractivity contribution < 1.29 is 9.53 Å². The lowest BCUT2D eigenvalue weighted by Gasteiger charge is -2.40. The molecule has 0 unspecified atom stereocenters. The second kappa shape index (κ2) is 7.09. The molecule has 1 aromatic carbocycles. The van der Waals surface area contributed by atoms with E-state index in [1.807, 2.05) is 24.3 Å². The lowest BCUT2D eigenvalue weighted by atomic mass is 9.64. The van der Waals surface area contributed by atoms with Gasteiger partial charge in [-0.15, -0.1) is 10.2 Å². The van der Waals surface area contributed by atoms with E-state index in [9.17, 15) is 4.79 Å². The molecule has 1 aromatic heterocycles. The van der Waals surface area contributed by atoms with Crippen LogP contribution in [0.15, 0.2) is 24.3 Å². The molecule has 0 spiro atoms. The van der Waals surface area contributed by atoms with Crippen molar-refractivity contribution in [2.24, 2.45) is 0 Å². The van der Waals surface area contributed by atoms with Crippen LogP contribution in [-0.4, -0.2) is 27.8 Å². The van der Waals surface area contributed by atoms with Gasteiger partial charge >= 0.3 is 0 Å². The van der Waals surface area contributed by atoms with Gasteiger partial charge in [0.05, 0.1) is 19.1 Å². The van der Waals surface area contributed by atoms with Crippen LogP contribution < -0.4 is 10.1 Å². The van der Waals surface area contributed by atoms with Gasteiger partial charge in [-0.25, -0.2) is 0 Å². The molecule has 1 saturated carbocycles. The number of fused-ring (bicyclic) bond motifs is 1. The minimum absolute atomic E-state index is 0.0971. The number of benzene rings is 1. The van der Waals surface area contributed by atoms with Crippen molar-refractivity contribution in [2.45, 2.75) is 63.5 Å². The number of nitrogens with zero attached hydrogens (tertiary/aromatic N) is 3. The highest BCUT2D eigenvalue weighted by molar-refractivity contribution is 5.89. The van der Waals surface area contributed by atoms with E-state index in [4.69, 9.17) is 4.74 Å². The van der Waals surface area contributed by atoms with E-state index in [1.165, 1.54) is 12.8 Å². The predicted molar refractivity (Wildman–Crippen MR) is 97.9 cm³/mol. The molecule has 0 radical (unpaired) electrons. The molecule has 1 aliphatic carbocycles. The molecule has 0 atom stereocenters. The zero-order valence-electron chi connectivity index (χ0n) is 15.3. The van der Waals surface area contributed by atoms with Gasteiger partial charge in [-0.2, -0.15) is 0 Å². The molecular formula is C20H26N4O2. The number of aryl methyl sites for hydroxylation is 1. The Bertz CT molecular complexity index is 778. The predicted octanol–water partition coefficient (Wildman–Crippen LogP) is 2.75. The highest BCUT2D eigenvalue weighted by Crippen LogP contribution is 2.44. The number of carbonyl (C=O) groups excluding carboxylic acids is 1. The maximum Gasteiger partial charge on any atom is 0.231 e. The Hall–Kier alpha value is -2.37. The van der Waals surface area contributed by atoms with Gasteiger partial charge in [0, 0.05) is 13.0 Å². The van der Waals surface area contributed by atoms with Crippen LogP contribution in [0.25, 0.3) is 0 Å². The van der Waals surface area contributed by atoms with E-state index >= 15 is 0 Å². The first-order valence-electron chi connectivity index (χ1n) is 9.57. The van der Waals surface area contributed by atoms with E-state index in [2.05, 4.69) is 20.1 Å². The van der Waals surface area contributed by atoms with E-state index in [0.717, 1.165) is 61.6 Å². The molecule has 0 saturated heterocycles. The number of nitrogens with one attached hydrogen (secondary N) is 1. The topological polar surface area (TPSA) is 69.0 Å². The molecule has 2 heterocycles. The molecule has 4 rings (SSSR count). The molecule has 1 N–H and O–H groups in total. The normalized spacial score (nSPS) is 18.3. The summed E-state index contributed by atoms with van der Waals surface area (Å²) < 4.78 is 7.42. The first-order valence-corrected chi connectivity index (χ1v) is 9.57. The van der Waals surface area contributed by atoms with E-state index in [1.54, 1.807) is 7.11 Å². The molecule has 26 heavy (non-hydrogen) atoms. The Morgan fingerprint density at radius 1 is 1.15 bits per heavy atom. The molecular weight excluding hydrogens is 328 g/mol. The number of rotatable bonds is 5. The Morgan fingerprint density at radius 2 is 1.96 bits per heavy atom. The summed E-state index contributed by atoms with van der Waals surface area (Å²) in [5.74, 6) is 2.84. The van der Waals surface area contributed by atoms with Gasteiger partial charge in [-0.05, 0) is 43.4 Å². The first-order chi connectivity index (χ1) is 12.7. The second-order valence-electron chi connectivity index (χ2n) is 7.34. The van der Waals surface area contributed by atoms with Gasteiger partial charge in [0.25, 0.3) is 0 Å². The SMILES string of the molecule is COc1ccc(C2(C(=O)NCc3nnc4n3CCCCC4)CCC2)cc1. The first kappa shape index (κ1) is 17.1. The average Bonchev–Trinajstić information content (AvgIpc) is 2.86. The van der Waals surface area contributed by atoms with Crippen molar-refractivity contribution in [1.82, 2.24) is 20.1 Å². The Morgan fingerprint density at radius 3 is 2.65 bits per heavy atom. The zero-order chi connectivity index (χ0) is 18.0. The molecule has 1 amide bonds. The van der Waals surface area contributed by atoms with Crippen molar-refractivity contribution in [2.75, 3.05) is 7.11 Å². The molecule has 1 fully saturated rings. The Kier molecular flexibility index (Phi) is 4.66. The van der Waals surface area contributed by atoms with Gasteiger partial charge in [0.2, 0.25) is 5.91 Å². The highest BCUT2D eigenvalue weighted by Gasteiger charge is 2.45. The number of carbonyl (C=O) groups is 1. The lowest BCUT2D eigenvalue weighted by molar-refractivity contribution is -0.130. The number of hydrogen-bond acceptors (Lipinski definition) is 4. The van der Waals surface area contributed by atoms with E-state index < -0.39 is 5.41 Å². The zero-order valence-corrected chi connectivity index (χ0v) is 15.3. The van der Waals surface area contributed by atoms with E-state index in [-0.39, 0.29) is 5.91 Å². The second-order valence-corrected chi connectivity index (χ2v) is 7.34. The summed E-state index contributed by atoms with van der Waals surface area (Å²) in [6, 6.07) is 7.89. The van der Waals surface area contributed by atoms with Crippen LogP contribution >= 0.6 is 0 Å². The van der Waals surface area contributed by atoms with Gasteiger partial charge < -0.3 is 14.6 Å². The van der Waals surface area contributed by atoms with Crippen molar-refractivity contribution >= 4 is 5.91 Å². The van der Waals surface area contributed by atoms with Crippen LogP contribution in [0.2, 0.25) is 0 Å². The summed E-state index contributed by atoms with van der Waals surface area (Å²) in [6.45, 7) is 1.40. The van der Waals surface area contributed by atoms with Gasteiger partial charge in [0.1, 0.15) is 11.6 Å². The summed E-state index contributed by atoms with van der Waals surface area (Å²) in [5.41, 5.74) is 0.663. The van der Waals surface area contributed by atoms with Crippen LogP contribution in [0, 0.1) is 0 Å². The quantitative estimate of drug-likeness (QED) is 0.896. The fourth-order valence-corrected chi connectivity index (χ4v) is 4.09. The number of hydrogen-bond donors (Lipinski definition) is 1. The van der Waals surface area contributed by atoms with Crippen LogP contribution in [0.3, 0.4) is 0 Å². The lowest BCUT2D eigenvalue weighted by Crippen LogP contribution is -2.49. The fraction of sp³-hybridized carbons (Fsp3) is 0.550. The van der Waals surface area contributed by atoms with Crippen LogP contribution in [0.5, 0.6) is 5.75 Å². The molecule has 2 aliphatic rings. The largest absolute Gasteiger partial charge is 0.497 e. The summed E-state index contributed by atoms with van der Waals surface area (Å²) >= 11 is 0. The third kappa shape index (κ3) is 2.97. The summed E-state index contributed by atoms with van der Waals surface area (Å²) in [6.07, 6.45) is 7.41. The maximum atomic E-state index is 13.0. The summed E-state index contributed by atoms with van der Waals surface area (Å²) in [7, 11) is 1.66. The molecule has 6 nitrogen and oxygen atoms in total. The van der Waals surface area contributed by atoms with Crippen molar-refractivity contribution in [3.05, 3.63) is 41.5 Å². The number of ether oxygens (including phenoxy) is 1. The Balaban J connectivity index is 1.47. The average molecular weight is 354 g/mol. The minimum Gasteiger partial charge on any atom is -0.497 e. The van der Waals surface area contributed by atoms with Crippen molar-refractivity contribution in [3.63, 3.8) is 0 Å². The molecule has 1 aliphatic heterocycles. The standard InChI is InChI=1S/C20H26N4O2/c1-26-16-9-7-15(8-10-16)20(11-5-12-20)19(25)21-14-18-23-22-17-6-3-2-4-13-24(17)18/h7-10H,2-6,11-14H2,1H3,(H,21,25). The fourth-order valence-electron chi connectivity index (χ4n) is 4.09. The summed E-state index contributed by atoms with van der Waals surface area (Å²) in [4.78, 5) is 13.0. The van der Waals surface area contributed by atoms with E-state index in [0.29, 0.717) is 6.54 Å². The molecule has 0 bridgehead atoms. The third-order valence-electron chi connectivity index (χ3n) is 5.88. The number of amides is 1. The van der Waals surface area contributed by atoms with Crippen LogP contribution in [0.1, 0.15) is 55.7 Å². The number of methoxy groups -OCH3 is 1. The smallest absolute Gasteiger partial charge is 0.231 e. The van der Waals surface area contributed by atoms with Gasteiger partial charge in [-0.3, -0.25) is 4.79 Å². The third-order valence-corrected chi connectivity index (χ3v) is 5.88. The van der Waals surface area contributed by atoms with Gasteiger partial charge in [0.15, 0.2) is 5.82 Å². The van der Waals surface area contributed by atoms with Crippen molar-refractivity contribution in [3.8, 4) is 5.75 Å². The minimum atomic E-state index is -0.409. The van der Waals surface area contributed by atoms with Crippen molar-refractivity contribution in [1.29, 1.82) is 0 Å². The van der Waals surface area contributed by atoms with Gasteiger partial charge in [-0.1, -0.05) is 25.0 Å². The monoisotopic (exact) mass is 354 g/mol. The Labute approximate surface area is 154 Å². The van der Waals surface area contributed by atoms with Crippen LogP contribution in [0.4, 0.5) is 0 Å².